The average Bonchev–Trinajstić information content (AvgIpc) is 2.67. The quantitative estimate of drug-likeness (QED) is 0.836. The second-order valence-corrected chi connectivity index (χ2v) is 4.59. The Labute approximate surface area is 95.6 Å². The Balaban J connectivity index is 2.20. The molecule has 3 unspecified atom stereocenters. The largest absolute Gasteiger partial charge is 0.373 e. The third-order valence-electron chi connectivity index (χ3n) is 3.27. The maximum absolute atomic E-state index is 13.2. The van der Waals surface area contributed by atoms with Crippen LogP contribution in [0.2, 0.25) is 0 Å². The highest BCUT2D eigenvalue weighted by atomic mass is 19.1. The fraction of sp³-hybridized carbons (Fsp3) is 0.538. The van der Waals surface area contributed by atoms with E-state index in [1.54, 1.807) is 6.07 Å². The van der Waals surface area contributed by atoms with Crippen molar-refractivity contribution in [1.29, 1.82) is 0 Å². The fourth-order valence-corrected chi connectivity index (χ4v) is 2.27. The summed E-state index contributed by atoms with van der Waals surface area (Å²) in [6, 6.07) is 4.53. The maximum Gasteiger partial charge on any atom is 0.123 e. The van der Waals surface area contributed by atoms with Gasteiger partial charge < -0.3 is 10.5 Å². The van der Waals surface area contributed by atoms with Crippen LogP contribution in [0.1, 0.15) is 36.9 Å². The van der Waals surface area contributed by atoms with Crippen molar-refractivity contribution >= 4 is 0 Å². The second-order valence-electron chi connectivity index (χ2n) is 4.59. The minimum Gasteiger partial charge on any atom is -0.373 e. The summed E-state index contributed by atoms with van der Waals surface area (Å²) in [7, 11) is 0. The molecule has 1 aliphatic heterocycles. The van der Waals surface area contributed by atoms with Crippen LogP contribution in [0, 0.1) is 12.7 Å². The Morgan fingerprint density at radius 3 is 2.81 bits per heavy atom. The van der Waals surface area contributed by atoms with E-state index in [1.165, 1.54) is 12.1 Å². The molecule has 0 amide bonds. The predicted octanol–water partition coefficient (Wildman–Crippen LogP) is 2.70. The third-order valence-corrected chi connectivity index (χ3v) is 3.27. The van der Waals surface area contributed by atoms with Gasteiger partial charge in [-0.15, -0.1) is 0 Å². The minimum atomic E-state index is -0.234. The Morgan fingerprint density at radius 1 is 1.44 bits per heavy atom. The molecule has 2 nitrogen and oxygen atoms in total. The lowest BCUT2D eigenvalue weighted by Crippen LogP contribution is -2.27. The number of hydrogen-bond acceptors (Lipinski definition) is 2. The smallest absolute Gasteiger partial charge is 0.123 e. The zero-order valence-electron chi connectivity index (χ0n) is 9.74. The zero-order chi connectivity index (χ0) is 11.7. The van der Waals surface area contributed by atoms with Crippen LogP contribution < -0.4 is 5.73 Å². The molecule has 0 aromatic heterocycles. The highest BCUT2D eigenvalue weighted by Gasteiger charge is 2.29. The summed E-state index contributed by atoms with van der Waals surface area (Å²) < 4.78 is 18.9. The summed E-state index contributed by atoms with van der Waals surface area (Å²) in [5.41, 5.74) is 8.03. The predicted molar refractivity (Wildman–Crippen MR) is 61.6 cm³/mol. The molecule has 1 saturated heterocycles. The first-order chi connectivity index (χ1) is 7.58. The summed E-state index contributed by atoms with van der Waals surface area (Å²) in [4.78, 5) is 0. The normalized spacial score (nSPS) is 27.0. The second kappa shape index (κ2) is 4.52. The molecule has 1 heterocycles. The van der Waals surface area contributed by atoms with Crippen molar-refractivity contribution in [3.8, 4) is 0 Å². The Bertz CT molecular complexity index is 380. The van der Waals surface area contributed by atoms with Crippen LogP contribution in [-0.2, 0) is 4.74 Å². The van der Waals surface area contributed by atoms with Crippen molar-refractivity contribution in [2.75, 3.05) is 0 Å². The lowest BCUT2D eigenvalue weighted by molar-refractivity contribution is 0.0399. The molecular weight excluding hydrogens is 205 g/mol. The van der Waals surface area contributed by atoms with Crippen molar-refractivity contribution in [1.82, 2.24) is 0 Å². The van der Waals surface area contributed by atoms with E-state index in [-0.39, 0.29) is 24.1 Å². The number of hydrogen-bond donors (Lipinski definition) is 1. The SMILES string of the molecule is Cc1ccc(F)cc1C(N)C1CCC(C)O1. The lowest BCUT2D eigenvalue weighted by Gasteiger charge is -2.21. The molecule has 0 radical (unpaired) electrons. The van der Waals surface area contributed by atoms with Crippen LogP contribution >= 0.6 is 0 Å². The Hall–Kier alpha value is -0.930. The van der Waals surface area contributed by atoms with Crippen LogP contribution in [0.25, 0.3) is 0 Å². The number of nitrogens with two attached hydrogens (primary N) is 1. The van der Waals surface area contributed by atoms with Gasteiger partial charge in [0.05, 0.1) is 18.2 Å². The first-order valence-electron chi connectivity index (χ1n) is 5.75. The zero-order valence-corrected chi connectivity index (χ0v) is 9.74. The molecule has 0 aliphatic carbocycles. The average molecular weight is 223 g/mol. The number of halogens is 1. The highest BCUT2D eigenvalue weighted by Crippen LogP contribution is 2.30. The van der Waals surface area contributed by atoms with Gasteiger partial charge in [0.1, 0.15) is 5.82 Å². The highest BCUT2D eigenvalue weighted by molar-refractivity contribution is 5.30. The van der Waals surface area contributed by atoms with Gasteiger partial charge in [-0.3, -0.25) is 0 Å². The van der Waals surface area contributed by atoms with Gasteiger partial charge in [-0.05, 0) is 49.9 Å². The van der Waals surface area contributed by atoms with Gasteiger partial charge in [-0.2, -0.15) is 0 Å². The molecule has 2 N–H and O–H groups in total. The number of ether oxygens (including phenoxy) is 1. The van der Waals surface area contributed by atoms with E-state index >= 15 is 0 Å². The van der Waals surface area contributed by atoms with Crippen LogP contribution in [-0.4, -0.2) is 12.2 Å². The van der Waals surface area contributed by atoms with Gasteiger partial charge in [-0.25, -0.2) is 4.39 Å². The van der Waals surface area contributed by atoms with Gasteiger partial charge in [0.25, 0.3) is 0 Å². The molecule has 2 rings (SSSR count). The molecule has 3 atom stereocenters. The van der Waals surface area contributed by atoms with Crippen LogP contribution in [0.3, 0.4) is 0 Å². The van der Waals surface area contributed by atoms with Crippen molar-refractivity contribution < 1.29 is 9.13 Å². The standard InChI is InChI=1S/C13H18FNO/c1-8-3-5-10(14)7-11(8)13(15)12-6-4-9(2)16-12/h3,5,7,9,12-13H,4,6,15H2,1-2H3. The molecule has 0 bridgehead atoms. The molecular formula is C13H18FNO. The first-order valence-corrected chi connectivity index (χ1v) is 5.75. The van der Waals surface area contributed by atoms with Gasteiger partial charge in [-0.1, -0.05) is 6.07 Å². The molecule has 3 heteroatoms. The van der Waals surface area contributed by atoms with E-state index in [4.69, 9.17) is 10.5 Å². The topological polar surface area (TPSA) is 35.2 Å². The van der Waals surface area contributed by atoms with Gasteiger partial charge in [0, 0.05) is 0 Å². The van der Waals surface area contributed by atoms with Gasteiger partial charge in [0.15, 0.2) is 0 Å². The number of aryl methyl sites for hydroxylation is 1. The third kappa shape index (κ3) is 2.25. The van der Waals surface area contributed by atoms with Gasteiger partial charge >= 0.3 is 0 Å². The molecule has 0 saturated carbocycles. The van der Waals surface area contributed by atoms with E-state index in [0.717, 1.165) is 24.0 Å². The summed E-state index contributed by atoms with van der Waals surface area (Å²) in [6.07, 6.45) is 2.28. The Morgan fingerprint density at radius 2 is 2.19 bits per heavy atom. The molecule has 16 heavy (non-hydrogen) atoms. The summed E-state index contributed by atoms with van der Waals surface area (Å²) in [5, 5.41) is 0. The summed E-state index contributed by atoms with van der Waals surface area (Å²) >= 11 is 0. The van der Waals surface area contributed by atoms with Crippen LogP contribution in [0.5, 0.6) is 0 Å². The fourth-order valence-electron chi connectivity index (χ4n) is 2.27. The first kappa shape index (κ1) is 11.6. The summed E-state index contributed by atoms with van der Waals surface area (Å²) in [6.45, 7) is 4.00. The van der Waals surface area contributed by atoms with E-state index < -0.39 is 0 Å². The monoisotopic (exact) mass is 223 g/mol. The van der Waals surface area contributed by atoms with Crippen molar-refractivity contribution in [2.24, 2.45) is 5.73 Å². The van der Waals surface area contributed by atoms with E-state index in [2.05, 4.69) is 0 Å². The number of rotatable bonds is 2. The molecule has 0 spiro atoms. The van der Waals surface area contributed by atoms with Crippen molar-refractivity contribution in [3.63, 3.8) is 0 Å². The molecule has 1 aliphatic rings. The molecule has 1 aromatic rings. The van der Waals surface area contributed by atoms with E-state index in [1.807, 2.05) is 13.8 Å². The lowest BCUT2D eigenvalue weighted by atomic mass is 9.96. The molecule has 88 valence electrons. The van der Waals surface area contributed by atoms with Crippen molar-refractivity contribution in [3.05, 3.63) is 35.1 Å². The van der Waals surface area contributed by atoms with Gasteiger partial charge in [0.2, 0.25) is 0 Å². The summed E-state index contributed by atoms with van der Waals surface area (Å²) in [5.74, 6) is -0.234. The molecule has 1 aromatic carbocycles. The minimum absolute atomic E-state index is 0.0236. The Kier molecular flexibility index (Phi) is 3.26. The molecule has 1 fully saturated rings. The van der Waals surface area contributed by atoms with Crippen LogP contribution in [0.4, 0.5) is 4.39 Å². The van der Waals surface area contributed by atoms with Crippen LogP contribution in [0.15, 0.2) is 18.2 Å². The maximum atomic E-state index is 13.2. The van der Waals surface area contributed by atoms with E-state index in [9.17, 15) is 4.39 Å². The van der Waals surface area contributed by atoms with Crippen molar-refractivity contribution in [2.45, 2.75) is 44.9 Å². The number of benzene rings is 1. The van der Waals surface area contributed by atoms with E-state index in [0.29, 0.717) is 0 Å².